The highest BCUT2D eigenvalue weighted by molar-refractivity contribution is 7.85. The molecule has 3 aromatic heterocycles. The Morgan fingerprint density at radius 2 is 1.83 bits per heavy atom. The van der Waals surface area contributed by atoms with Crippen molar-refractivity contribution in [3.8, 4) is 23.1 Å². The Hall–Kier alpha value is -4.01. The average molecular weight is 499 g/mol. The van der Waals surface area contributed by atoms with Crippen molar-refractivity contribution >= 4 is 27.7 Å². The molecular weight excluding hydrogens is 476 g/mol. The van der Waals surface area contributed by atoms with E-state index in [0.29, 0.717) is 30.4 Å². The highest BCUT2D eigenvalue weighted by Crippen LogP contribution is 2.25. The van der Waals surface area contributed by atoms with Crippen LogP contribution in [-0.4, -0.2) is 65.0 Å². The third kappa shape index (κ3) is 6.32. The van der Waals surface area contributed by atoms with Gasteiger partial charge in [-0.05, 0) is 24.3 Å². The van der Waals surface area contributed by atoms with E-state index in [2.05, 4.69) is 30.1 Å². The van der Waals surface area contributed by atoms with Crippen molar-refractivity contribution in [3.05, 3.63) is 54.4 Å². The lowest BCUT2D eigenvalue weighted by molar-refractivity contribution is 0.207. The number of aromatic nitrogens is 6. The van der Waals surface area contributed by atoms with E-state index in [1.54, 1.807) is 19.2 Å². The molecule has 0 unspecified atom stereocenters. The first-order valence-corrected chi connectivity index (χ1v) is 12.1. The number of anilines is 3. The summed E-state index contributed by atoms with van der Waals surface area (Å²) >= 11 is 0. The second-order valence-electron chi connectivity index (χ2n) is 7.22. The maximum atomic E-state index is 11.1. The third-order valence-electron chi connectivity index (χ3n) is 4.59. The normalized spacial score (nSPS) is 11.5. The van der Waals surface area contributed by atoms with Gasteiger partial charge in [0, 0.05) is 25.5 Å². The topological polar surface area (TPSA) is 172 Å². The summed E-state index contributed by atoms with van der Waals surface area (Å²) in [5, 5.41) is 3.96. The molecule has 0 aliphatic heterocycles. The van der Waals surface area contributed by atoms with Crippen molar-refractivity contribution in [2.75, 3.05) is 37.2 Å². The lowest BCUT2D eigenvalue weighted by atomic mass is 10.2. The Bertz CT molecular complexity index is 1380. The predicted octanol–water partition coefficient (Wildman–Crippen LogP) is 1.83. The van der Waals surface area contributed by atoms with Crippen molar-refractivity contribution in [1.82, 2.24) is 30.1 Å². The molecule has 1 aromatic carbocycles. The predicted molar refractivity (Wildman–Crippen MR) is 126 cm³/mol. The van der Waals surface area contributed by atoms with Gasteiger partial charge in [0.05, 0.1) is 24.1 Å². The maximum Gasteiger partial charge on any atom is 0.264 e. The van der Waals surface area contributed by atoms with Crippen molar-refractivity contribution in [2.45, 2.75) is 6.61 Å². The van der Waals surface area contributed by atoms with E-state index in [9.17, 15) is 8.42 Å². The number of nitrogens with two attached hydrogens (primary N) is 1. The summed E-state index contributed by atoms with van der Waals surface area (Å²) in [5.74, 6) is 0.708. The van der Waals surface area contributed by atoms with Crippen LogP contribution in [0.4, 0.5) is 17.6 Å². The molecule has 0 radical (unpaired) electrons. The van der Waals surface area contributed by atoms with Crippen LogP contribution in [0.3, 0.4) is 0 Å². The smallest absolute Gasteiger partial charge is 0.264 e. The fraction of sp³-hybridized carbons (Fsp3) is 0.238. The Morgan fingerprint density at radius 3 is 2.51 bits per heavy atom. The van der Waals surface area contributed by atoms with Crippen LogP contribution in [0.15, 0.2) is 53.2 Å². The molecule has 2 N–H and O–H groups in total. The monoisotopic (exact) mass is 498 g/mol. The van der Waals surface area contributed by atoms with Crippen molar-refractivity contribution in [2.24, 2.45) is 0 Å². The van der Waals surface area contributed by atoms with Crippen LogP contribution in [0.25, 0.3) is 23.1 Å². The van der Waals surface area contributed by atoms with Gasteiger partial charge in [-0.15, -0.1) is 0 Å². The van der Waals surface area contributed by atoms with Crippen molar-refractivity contribution in [1.29, 1.82) is 0 Å². The number of nitrogens with zero attached hydrogens (tertiary/aromatic N) is 7. The summed E-state index contributed by atoms with van der Waals surface area (Å²) in [6.07, 6.45) is 2.44. The zero-order valence-corrected chi connectivity index (χ0v) is 19.7. The first kappa shape index (κ1) is 24.1. The summed E-state index contributed by atoms with van der Waals surface area (Å²) < 4.78 is 37.6. The largest absolute Gasteiger partial charge is 0.383 e. The molecule has 35 heavy (non-hydrogen) atoms. The molecule has 0 fully saturated rings. The number of benzene rings is 1. The van der Waals surface area contributed by atoms with Crippen LogP contribution in [-0.2, 0) is 25.6 Å². The molecule has 0 saturated carbocycles. The zero-order chi connectivity index (χ0) is 24.8. The summed E-state index contributed by atoms with van der Waals surface area (Å²) in [5.41, 5.74) is 7.75. The molecule has 14 heteroatoms. The van der Waals surface area contributed by atoms with Gasteiger partial charge in [0.1, 0.15) is 6.61 Å². The van der Waals surface area contributed by atoms with Crippen LogP contribution in [0, 0.1) is 0 Å². The number of para-hydroxylation sites is 1. The van der Waals surface area contributed by atoms with E-state index in [4.69, 9.17) is 19.2 Å². The lowest BCUT2D eigenvalue weighted by Crippen LogP contribution is -2.24. The molecule has 4 aromatic rings. The first-order valence-electron chi connectivity index (χ1n) is 10.3. The Kier molecular flexibility index (Phi) is 7.24. The molecule has 3 heterocycles. The van der Waals surface area contributed by atoms with Gasteiger partial charge in [-0.2, -0.15) is 28.4 Å². The Morgan fingerprint density at radius 1 is 1.03 bits per heavy atom. The van der Waals surface area contributed by atoms with Gasteiger partial charge in [0.2, 0.25) is 23.5 Å². The van der Waals surface area contributed by atoms with E-state index >= 15 is 0 Å². The van der Waals surface area contributed by atoms with Gasteiger partial charge in [0.25, 0.3) is 16.0 Å². The van der Waals surface area contributed by atoms with Gasteiger partial charge in [-0.1, -0.05) is 23.4 Å². The molecular formula is C21H22N8O5S. The summed E-state index contributed by atoms with van der Waals surface area (Å²) in [6.45, 7) is 0.727. The van der Waals surface area contributed by atoms with Crippen LogP contribution < -0.4 is 10.6 Å². The third-order valence-corrected chi connectivity index (χ3v) is 5.13. The Balaban J connectivity index is 1.59. The van der Waals surface area contributed by atoms with Crippen LogP contribution in [0.5, 0.6) is 0 Å². The molecule has 0 amide bonds. The molecule has 0 spiro atoms. The minimum atomic E-state index is -3.57. The van der Waals surface area contributed by atoms with Gasteiger partial charge in [0.15, 0.2) is 0 Å². The zero-order valence-electron chi connectivity index (χ0n) is 18.9. The molecule has 0 bridgehead atoms. The summed E-state index contributed by atoms with van der Waals surface area (Å²) in [7, 11) is -1.96. The second kappa shape index (κ2) is 10.5. The van der Waals surface area contributed by atoms with E-state index < -0.39 is 10.1 Å². The number of methoxy groups -OCH3 is 1. The molecule has 0 aliphatic rings. The molecule has 13 nitrogen and oxygen atoms in total. The Labute approximate surface area is 201 Å². The fourth-order valence-electron chi connectivity index (χ4n) is 2.97. The van der Waals surface area contributed by atoms with Crippen LogP contribution in [0.1, 0.15) is 5.69 Å². The van der Waals surface area contributed by atoms with Gasteiger partial charge < -0.3 is 19.9 Å². The quantitative estimate of drug-likeness (QED) is 0.314. The highest BCUT2D eigenvalue weighted by Gasteiger charge is 2.19. The molecule has 0 atom stereocenters. The molecule has 182 valence electrons. The standard InChI is InChI=1S/C21H22N8O5S/c1-32-11-10-29(16-6-4-3-5-7-16)21-26-17(25-20(22)27-21)18-24-19(34-28-18)14-8-9-15(23-12-14)13-33-35(2,30)31/h3-9,12H,10-11,13H2,1-2H3,(H2,22,25,26,27). The SMILES string of the molecule is COCCN(c1ccccc1)c1nc(N)nc(-c2noc(-c3ccc(COS(C)(=O)=O)nc3)n2)n1. The highest BCUT2D eigenvalue weighted by atomic mass is 32.2. The maximum absolute atomic E-state index is 11.1. The lowest BCUT2D eigenvalue weighted by Gasteiger charge is -2.22. The van der Waals surface area contributed by atoms with E-state index in [-0.39, 0.29) is 30.1 Å². The van der Waals surface area contributed by atoms with Crippen LogP contribution in [0.2, 0.25) is 0 Å². The van der Waals surface area contributed by atoms with Gasteiger partial charge in [-0.25, -0.2) is 0 Å². The number of nitrogen functional groups attached to an aromatic ring is 1. The van der Waals surface area contributed by atoms with E-state index in [0.717, 1.165) is 11.9 Å². The number of pyridine rings is 1. The number of hydrogen-bond acceptors (Lipinski definition) is 13. The number of rotatable bonds is 10. The van der Waals surface area contributed by atoms with Gasteiger partial charge >= 0.3 is 0 Å². The molecule has 4 rings (SSSR count). The fourth-order valence-corrected chi connectivity index (χ4v) is 3.31. The van der Waals surface area contributed by atoms with E-state index in [1.165, 1.54) is 6.20 Å². The molecule has 0 saturated heterocycles. The summed E-state index contributed by atoms with van der Waals surface area (Å²) in [6, 6.07) is 12.8. The van der Waals surface area contributed by atoms with E-state index in [1.807, 2.05) is 35.2 Å². The number of hydrogen-bond donors (Lipinski definition) is 1. The second-order valence-corrected chi connectivity index (χ2v) is 8.87. The van der Waals surface area contributed by atoms with Crippen molar-refractivity contribution < 1.29 is 21.9 Å². The minimum absolute atomic E-state index is 0.00778. The minimum Gasteiger partial charge on any atom is -0.383 e. The van der Waals surface area contributed by atoms with Crippen molar-refractivity contribution in [3.63, 3.8) is 0 Å². The van der Waals surface area contributed by atoms with Gasteiger partial charge in [-0.3, -0.25) is 9.17 Å². The molecule has 0 aliphatic carbocycles. The average Bonchev–Trinajstić information content (AvgIpc) is 3.34. The number of ether oxygens (including phenoxy) is 1. The van der Waals surface area contributed by atoms with Crippen LogP contribution >= 0.6 is 0 Å². The first-order chi connectivity index (χ1) is 16.8. The summed E-state index contributed by atoms with van der Waals surface area (Å²) in [4.78, 5) is 23.3.